The Bertz CT molecular complexity index is 1720. The van der Waals surface area contributed by atoms with E-state index in [9.17, 15) is 4.39 Å². The largest absolute Gasteiger partial charge is 0.461 e. The van der Waals surface area contributed by atoms with Crippen molar-refractivity contribution >= 4 is 55.0 Å². The Hall–Kier alpha value is -2.90. The van der Waals surface area contributed by atoms with E-state index in [4.69, 9.17) is 27.1 Å². The van der Waals surface area contributed by atoms with Crippen LogP contribution in [0.5, 0.6) is 6.01 Å². The Morgan fingerprint density at radius 2 is 1.88 bits per heavy atom. The third kappa shape index (κ3) is 4.14. The average Bonchev–Trinajstić information content (AvgIpc) is 3.66. The van der Waals surface area contributed by atoms with E-state index in [0.717, 1.165) is 69.7 Å². The average molecular weight is 613 g/mol. The van der Waals surface area contributed by atoms with Crippen LogP contribution >= 0.6 is 22.9 Å². The van der Waals surface area contributed by atoms with Crippen LogP contribution in [-0.2, 0) is 0 Å². The Morgan fingerprint density at radius 3 is 2.64 bits per heavy atom. The van der Waals surface area contributed by atoms with E-state index in [2.05, 4.69) is 30.4 Å². The molecule has 0 radical (unpaired) electrons. The SMILES string of the molecule is Nc1nc2c(-c3c(Cl)cc4c(N5CCNC6(CNC6)C5)nc(OCC56CCCN5CCC6)nc4c3F)ccc(F)c2s1. The molecule has 4 N–H and O–H groups in total. The molecule has 220 valence electrons. The van der Waals surface area contributed by atoms with Gasteiger partial charge < -0.3 is 26.0 Å². The maximum atomic E-state index is 16.7. The minimum absolute atomic E-state index is 0.0108. The lowest BCUT2D eigenvalue weighted by molar-refractivity contribution is 0.107. The molecule has 0 bridgehead atoms. The number of benzene rings is 2. The van der Waals surface area contributed by atoms with Gasteiger partial charge in [0, 0.05) is 49.2 Å². The van der Waals surface area contributed by atoms with Crippen molar-refractivity contribution in [1.29, 1.82) is 0 Å². The molecular formula is C29H31ClF2N8OS. The number of fused-ring (bicyclic) bond motifs is 3. The first-order valence-electron chi connectivity index (χ1n) is 14.5. The van der Waals surface area contributed by atoms with Crippen LogP contribution in [-0.4, -0.2) is 83.3 Å². The number of nitrogens with two attached hydrogens (primary N) is 1. The second kappa shape index (κ2) is 9.81. The van der Waals surface area contributed by atoms with Crippen LogP contribution < -0.4 is 26.0 Å². The van der Waals surface area contributed by atoms with Crippen molar-refractivity contribution in [2.45, 2.75) is 36.8 Å². The zero-order chi connectivity index (χ0) is 28.6. The van der Waals surface area contributed by atoms with E-state index in [1.54, 1.807) is 6.07 Å². The first kappa shape index (κ1) is 26.7. The normalized spacial score (nSPS) is 21.4. The van der Waals surface area contributed by atoms with Gasteiger partial charge in [0.15, 0.2) is 10.9 Å². The number of piperazine rings is 1. The summed E-state index contributed by atoms with van der Waals surface area (Å²) in [6.45, 7) is 6.50. The Labute approximate surface area is 250 Å². The van der Waals surface area contributed by atoms with Crippen LogP contribution in [0.15, 0.2) is 18.2 Å². The maximum Gasteiger partial charge on any atom is 0.319 e. The fourth-order valence-electron chi connectivity index (χ4n) is 7.37. The molecule has 4 aliphatic rings. The van der Waals surface area contributed by atoms with Gasteiger partial charge in [0.1, 0.15) is 23.8 Å². The molecule has 2 aromatic carbocycles. The Morgan fingerprint density at radius 1 is 1.07 bits per heavy atom. The molecule has 4 saturated heterocycles. The van der Waals surface area contributed by atoms with E-state index >= 15 is 4.39 Å². The van der Waals surface area contributed by atoms with E-state index in [1.165, 1.54) is 12.1 Å². The number of nitrogens with zero attached hydrogens (tertiary/aromatic N) is 5. The zero-order valence-electron chi connectivity index (χ0n) is 23.0. The lowest BCUT2D eigenvalue weighted by atomic mass is 9.89. The van der Waals surface area contributed by atoms with Crippen molar-refractivity contribution in [2.75, 3.05) is 63.1 Å². The van der Waals surface area contributed by atoms with E-state index in [-0.39, 0.29) is 48.5 Å². The molecule has 0 unspecified atom stereocenters. The van der Waals surface area contributed by atoms with Gasteiger partial charge in [-0.05, 0) is 57.0 Å². The summed E-state index contributed by atoms with van der Waals surface area (Å²) >= 11 is 7.84. The van der Waals surface area contributed by atoms with Crippen LogP contribution in [0.2, 0.25) is 5.02 Å². The van der Waals surface area contributed by atoms with E-state index < -0.39 is 11.6 Å². The van der Waals surface area contributed by atoms with Crippen molar-refractivity contribution in [3.63, 3.8) is 0 Å². The van der Waals surface area contributed by atoms with Crippen LogP contribution in [0.4, 0.5) is 19.7 Å². The topological polar surface area (TPSA) is 104 Å². The second-order valence-corrected chi connectivity index (χ2v) is 13.5. The smallest absolute Gasteiger partial charge is 0.319 e. The summed E-state index contributed by atoms with van der Waals surface area (Å²) in [6, 6.07) is 4.64. The van der Waals surface area contributed by atoms with Gasteiger partial charge in [-0.15, -0.1) is 0 Å². The lowest BCUT2D eigenvalue weighted by Crippen LogP contribution is -2.75. The van der Waals surface area contributed by atoms with Crippen LogP contribution in [0.25, 0.3) is 32.2 Å². The van der Waals surface area contributed by atoms with Crippen molar-refractivity contribution in [3.8, 4) is 17.1 Å². The number of rotatable bonds is 5. The molecule has 4 aromatic rings. The van der Waals surface area contributed by atoms with Crippen molar-refractivity contribution < 1.29 is 13.5 Å². The molecule has 42 heavy (non-hydrogen) atoms. The number of ether oxygens (including phenoxy) is 1. The van der Waals surface area contributed by atoms with Crippen molar-refractivity contribution in [2.24, 2.45) is 0 Å². The molecule has 2 aromatic heterocycles. The number of nitrogens with one attached hydrogen (secondary N) is 2. The predicted molar refractivity (Wildman–Crippen MR) is 162 cm³/mol. The first-order chi connectivity index (χ1) is 20.3. The van der Waals surface area contributed by atoms with E-state index in [1.807, 2.05) is 0 Å². The second-order valence-electron chi connectivity index (χ2n) is 12.0. The molecule has 1 spiro atoms. The molecule has 0 saturated carbocycles. The molecule has 13 heteroatoms. The van der Waals surface area contributed by atoms with Gasteiger partial charge >= 0.3 is 6.01 Å². The van der Waals surface area contributed by atoms with E-state index in [0.29, 0.717) is 36.5 Å². The van der Waals surface area contributed by atoms with Crippen molar-refractivity contribution in [1.82, 2.24) is 30.5 Å². The molecule has 0 atom stereocenters. The predicted octanol–water partition coefficient (Wildman–Crippen LogP) is 4.18. The Balaban J connectivity index is 1.27. The van der Waals surface area contributed by atoms with Gasteiger partial charge in [0.05, 0.1) is 26.3 Å². The molecule has 4 fully saturated rings. The highest BCUT2D eigenvalue weighted by atomic mass is 35.5. The summed E-state index contributed by atoms with van der Waals surface area (Å²) in [5, 5.41) is 7.85. The van der Waals surface area contributed by atoms with Gasteiger partial charge in [-0.25, -0.2) is 13.8 Å². The number of hydrogen-bond donors (Lipinski definition) is 3. The van der Waals surface area contributed by atoms with Gasteiger partial charge in [0.25, 0.3) is 0 Å². The molecule has 0 amide bonds. The molecule has 8 rings (SSSR count). The number of aromatic nitrogens is 3. The number of hydrogen-bond acceptors (Lipinski definition) is 10. The highest BCUT2D eigenvalue weighted by Gasteiger charge is 2.45. The number of anilines is 2. The molecule has 4 aliphatic heterocycles. The first-order valence-corrected chi connectivity index (χ1v) is 15.7. The zero-order valence-corrected chi connectivity index (χ0v) is 24.6. The third-order valence-electron chi connectivity index (χ3n) is 9.51. The van der Waals surface area contributed by atoms with Crippen LogP contribution in [0.3, 0.4) is 0 Å². The molecule has 9 nitrogen and oxygen atoms in total. The lowest BCUT2D eigenvalue weighted by Gasteiger charge is -2.50. The minimum Gasteiger partial charge on any atom is -0.461 e. The summed E-state index contributed by atoms with van der Waals surface area (Å²) in [6.07, 6.45) is 4.44. The fourth-order valence-corrected chi connectivity index (χ4v) is 8.42. The standard InChI is InChI=1S/C29H31ClF2N8OS/c30-18-11-17-22(21(32)20(18)16-3-4-19(31)24-23(16)36-26(33)42-24)37-27(41-15-29-5-1-8-40(29)9-2-6-29)38-25(17)39-10-7-35-28(14-39)12-34-13-28/h3-4,11,34-35H,1-2,5-10,12-15H2,(H2,33,36). The molecular weight excluding hydrogens is 582 g/mol. The maximum absolute atomic E-state index is 16.7. The summed E-state index contributed by atoms with van der Waals surface area (Å²) in [5.41, 5.74) is 6.69. The van der Waals surface area contributed by atoms with Crippen LogP contribution in [0.1, 0.15) is 25.7 Å². The highest BCUT2D eigenvalue weighted by molar-refractivity contribution is 7.22. The monoisotopic (exact) mass is 612 g/mol. The Kier molecular flexibility index (Phi) is 6.24. The summed E-state index contributed by atoms with van der Waals surface area (Å²) in [5.74, 6) is -0.488. The summed E-state index contributed by atoms with van der Waals surface area (Å²) in [4.78, 5) is 18.5. The highest BCUT2D eigenvalue weighted by Crippen LogP contribution is 2.44. The van der Waals surface area contributed by atoms with Gasteiger partial charge in [0.2, 0.25) is 0 Å². The quantitative estimate of drug-likeness (QED) is 0.306. The fraction of sp³-hybridized carbons (Fsp3) is 0.483. The summed E-state index contributed by atoms with van der Waals surface area (Å²) < 4.78 is 37.9. The summed E-state index contributed by atoms with van der Waals surface area (Å²) in [7, 11) is 0. The number of nitrogen functional groups attached to an aromatic ring is 1. The van der Waals surface area contributed by atoms with Gasteiger partial charge in [-0.2, -0.15) is 9.97 Å². The van der Waals surface area contributed by atoms with Crippen molar-refractivity contribution in [3.05, 3.63) is 34.9 Å². The third-order valence-corrected chi connectivity index (χ3v) is 10.7. The van der Waals surface area contributed by atoms with Crippen LogP contribution in [0, 0.1) is 11.6 Å². The minimum atomic E-state index is -0.623. The number of thiazole rings is 1. The molecule has 6 heterocycles. The number of halogens is 3. The van der Waals surface area contributed by atoms with Gasteiger partial charge in [-0.3, -0.25) is 4.90 Å². The molecule has 0 aliphatic carbocycles. The van der Waals surface area contributed by atoms with Gasteiger partial charge in [-0.1, -0.05) is 22.9 Å².